The van der Waals surface area contributed by atoms with E-state index in [0.717, 1.165) is 11.1 Å². The predicted molar refractivity (Wildman–Crippen MR) is 103 cm³/mol. The van der Waals surface area contributed by atoms with E-state index < -0.39 is 0 Å². The van der Waals surface area contributed by atoms with E-state index in [0.29, 0.717) is 0 Å². The van der Waals surface area contributed by atoms with Gasteiger partial charge in [-0.2, -0.15) is 0 Å². The highest BCUT2D eigenvalue weighted by atomic mass is 16.5. The number of rotatable bonds is 3. The van der Waals surface area contributed by atoms with Crippen LogP contribution in [0.2, 0.25) is 0 Å². The van der Waals surface area contributed by atoms with Gasteiger partial charge < -0.3 is 4.74 Å². The first kappa shape index (κ1) is 14.5. The molecular formula is C23H18O. The molecule has 0 unspecified atom stereocenters. The molecule has 0 radical (unpaired) electrons. The van der Waals surface area contributed by atoms with Crippen molar-refractivity contribution in [2.45, 2.75) is 0 Å². The van der Waals surface area contributed by atoms with Gasteiger partial charge in [0, 0.05) is 5.39 Å². The number of hydrogen-bond donors (Lipinski definition) is 0. The second-order valence-corrected chi connectivity index (χ2v) is 5.84. The van der Waals surface area contributed by atoms with Crippen molar-refractivity contribution in [1.82, 2.24) is 0 Å². The Morgan fingerprint density at radius 3 is 2.25 bits per heavy atom. The highest BCUT2D eigenvalue weighted by Crippen LogP contribution is 2.29. The first-order valence-corrected chi connectivity index (χ1v) is 8.08. The summed E-state index contributed by atoms with van der Waals surface area (Å²) < 4.78 is 5.47. The Morgan fingerprint density at radius 2 is 1.42 bits per heavy atom. The van der Waals surface area contributed by atoms with Crippen molar-refractivity contribution in [3.05, 3.63) is 90.0 Å². The minimum absolute atomic E-state index is 0.911. The van der Waals surface area contributed by atoms with E-state index in [-0.39, 0.29) is 0 Å². The van der Waals surface area contributed by atoms with E-state index in [1.54, 1.807) is 7.11 Å². The summed E-state index contributed by atoms with van der Waals surface area (Å²) >= 11 is 0. The van der Waals surface area contributed by atoms with Gasteiger partial charge in [-0.25, -0.2) is 0 Å². The quantitative estimate of drug-likeness (QED) is 0.411. The van der Waals surface area contributed by atoms with Gasteiger partial charge in [0.25, 0.3) is 0 Å². The fraction of sp³-hybridized carbons (Fsp3) is 0.0435. The molecule has 4 aromatic carbocycles. The average Bonchev–Trinajstić information content (AvgIpc) is 2.66. The van der Waals surface area contributed by atoms with Gasteiger partial charge in [-0.1, -0.05) is 78.9 Å². The molecular weight excluding hydrogens is 292 g/mol. The fourth-order valence-electron chi connectivity index (χ4n) is 3.12. The zero-order chi connectivity index (χ0) is 16.4. The summed E-state index contributed by atoms with van der Waals surface area (Å²) in [5.74, 6) is 0.911. The van der Waals surface area contributed by atoms with Crippen molar-refractivity contribution in [3.63, 3.8) is 0 Å². The lowest BCUT2D eigenvalue weighted by Crippen LogP contribution is -1.86. The summed E-state index contributed by atoms with van der Waals surface area (Å²) in [5, 5.41) is 4.87. The first-order valence-electron chi connectivity index (χ1n) is 8.08. The van der Waals surface area contributed by atoms with E-state index in [4.69, 9.17) is 4.74 Å². The second kappa shape index (κ2) is 6.21. The van der Waals surface area contributed by atoms with Gasteiger partial charge in [0.1, 0.15) is 5.75 Å². The van der Waals surface area contributed by atoms with Gasteiger partial charge >= 0.3 is 0 Å². The summed E-state index contributed by atoms with van der Waals surface area (Å²) in [6.07, 6.45) is 4.34. The fourth-order valence-corrected chi connectivity index (χ4v) is 3.12. The topological polar surface area (TPSA) is 9.23 Å². The van der Waals surface area contributed by atoms with Crippen LogP contribution in [0.3, 0.4) is 0 Å². The molecule has 0 N–H and O–H groups in total. The SMILES string of the molecule is COc1ccc(/C=C\c2ccc3ccccc3c2)c2ccccc12. The van der Waals surface area contributed by atoms with E-state index in [2.05, 4.69) is 78.9 Å². The summed E-state index contributed by atoms with van der Waals surface area (Å²) in [5.41, 5.74) is 2.40. The molecule has 0 aliphatic heterocycles. The van der Waals surface area contributed by atoms with Crippen LogP contribution in [0.4, 0.5) is 0 Å². The summed E-state index contributed by atoms with van der Waals surface area (Å²) in [6.45, 7) is 0. The van der Waals surface area contributed by atoms with Crippen molar-refractivity contribution in [2.24, 2.45) is 0 Å². The van der Waals surface area contributed by atoms with Gasteiger partial charge in [0.2, 0.25) is 0 Å². The van der Waals surface area contributed by atoms with Crippen LogP contribution in [-0.4, -0.2) is 7.11 Å². The molecule has 1 heteroatoms. The molecule has 0 atom stereocenters. The van der Waals surface area contributed by atoms with Crippen LogP contribution in [-0.2, 0) is 0 Å². The van der Waals surface area contributed by atoms with Gasteiger partial charge in [0.05, 0.1) is 7.11 Å². The standard InChI is InChI=1S/C23H18O/c1-24-23-15-14-19(21-8-4-5-9-22(21)23)13-11-17-10-12-18-6-2-3-7-20(18)16-17/h2-16H,1H3/b13-11-. The van der Waals surface area contributed by atoms with Gasteiger partial charge in [-0.15, -0.1) is 0 Å². The lowest BCUT2D eigenvalue weighted by Gasteiger charge is -2.08. The smallest absolute Gasteiger partial charge is 0.126 e. The maximum atomic E-state index is 5.47. The molecule has 0 saturated carbocycles. The van der Waals surface area contributed by atoms with Crippen LogP contribution in [0, 0.1) is 0 Å². The lowest BCUT2D eigenvalue weighted by atomic mass is 10.0. The van der Waals surface area contributed by atoms with Crippen molar-refractivity contribution in [2.75, 3.05) is 7.11 Å². The molecule has 24 heavy (non-hydrogen) atoms. The number of benzene rings is 4. The molecule has 0 aliphatic rings. The largest absolute Gasteiger partial charge is 0.496 e. The van der Waals surface area contributed by atoms with Crippen molar-refractivity contribution in [1.29, 1.82) is 0 Å². The Labute approximate surface area is 141 Å². The summed E-state index contributed by atoms with van der Waals surface area (Å²) in [4.78, 5) is 0. The molecule has 116 valence electrons. The lowest BCUT2D eigenvalue weighted by molar-refractivity contribution is 0.420. The Kier molecular flexibility index (Phi) is 3.76. The van der Waals surface area contributed by atoms with Crippen molar-refractivity contribution in [3.8, 4) is 5.75 Å². The summed E-state index contributed by atoms with van der Waals surface area (Å²) in [6, 6.07) is 27.5. The monoisotopic (exact) mass is 310 g/mol. The highest BCUT2D eigenvalue weighted by Gasteiger charge is 2.03. The predicted octanol–water partition coefficient (Wildman–Crippen LogP) is 6.17. The Morgan fingerprint density at radius 1 is 0.667 bits per heavy atom. The van der Waals surface area contributed by atoms with E-state index >= 15 is 0 Å². The molecule has 0 bridgehead atoms. The van der Waals surface area contributed by atoms with Gasteiger partial charge in [0.15, 0.2) is 0 Å². The van der Waals surface area contributed by atoms with Crippen LogP contribution < -0.4 is 4.74 Å². The van der Waals surface area contributed by atoms with E-state index in [9.17, 15) is 0 Å². The molecule has 0 heterocycles. The maximum Gasteiger partial charge on any atom is 0.126 e. The molecule has 0 amide bonds. The van der Waals surface area contributed by atoms with Crippen LogP contribution in [0.25, 0.3) is 33.7 Å². The number of ether oxygens (including phenoxy) is 1. The average molecular weight is 310 g/mol. The molecule has 0 fully saturated rings. The second-order valence-electron chi connectivity index (χ2n) is 5.84. The van der Waals surface area contributed by atoms with Crippen LogP contribution in [0.1, 0.15) is 11.1 Å². The van der Waals surface area contributed by atoms with E-state index in [1.165, 1.54) is 27.3 Å². The normalized spacial score (nSPS) is 11.4. The molecule has 1 nitrogen and oxygen atoms in total. The molecule has 0 aromatic heterocycles. The third kappa shape index (κ3) is 2.65. The molecule has 4 aromatic rings. The van der Waals surface area contributed by atoms with E-state index in [1.807, 2.05) is 12.1 Å². The van der Waals surface area contributed by atoms with Gasteiger partial charge in [-0.05, 0) is 39.4 Å². The van der Waals surface area contributed by atoms with Gasteiger partial charge in [-0.3, -0.25) is 0 Å². The van der Waals surface area contributed by atoms with Crippen molar-refractivity contribution >= 4 is 33.7 Å². The molecule has 0 saturated heterocycles. The molecule has 4 rings (SSSR count). The van der Waals surface area contributed by atoms with Crippen LogP contribution in [0.15, 0.2) is 78.9 Å². The van der Waals surface area contributed by atoms with Crippen LogP contribution >= 0.6 is 0 Å². The zero-order valence-electron chi connectivity index (χ0n) is 13.6. The minimum Gasteiger partial charge on any atom is -0.496 e. The third-order valence-electron chi connectivity index (χ3n) is 4.37. The Bertz CT molecular complexity index is 1040. The molecule has 0 spiro atoms. The zero-order valence-corrected chi connectivity index (χ0v) is 13.6. The third-order valence-corrected chi connectivity index (χ3v) is 4.37. The molecule has 0 aliphatic carbocycles. The number of hydrogen-bond acceptors (Lipinski definition) is 1. The first-order chi connectivity index (χ1) is 11.8. The summed E-state index contributed by atoms with van der Waals surface area (Å²) in [7, 11) is 1.71. The highest BCUT2D eigenvalue weighted by molar-refractivity contribution is 5.97. The number of fused-ring (bicyclic) bond motifs is 2. The Balaban J connectivity index is 1.76. The minimum atomic E-state index is 0.911. The maximum absolute atomic E-state index is 5.47. The van der Waals surface area contributed by atoms with Crippen LogP contribution in [0.5, 0.6) is 5.75 Å². The van der Waals surface area contributed by atoms with Crippen molar-refractivity contribution < 1.29 is 4.74 Å². The Hall–Kier alpha value is -3.06. The number of methoxy groups -OCH3 is 1.